The summed E-state index contributed by atoms with van der Waals surface area (Å²) < 4.78 is 54.0. The minimum absolute atomic E-state index is 0.000883. The van der Waals surface area contributed by atoms with Crippen LogP contribution in [0.15, 0.2) is 90.3 Å². The predicted octanol–water partition coefficient (Wildman–Crippen LogP) is 10.2. The number of unbranched alkanes of at least 4 members (excludes halogenated alkanes) is 2. The number of hydrogen-bond donors (Lipinski definition) is 2. The van der Waals surface area contributed by atoms with E-state index in [1.165, 1.54) is 43.5 Å². The zero-order valence-corrected chi connectivity index (χ0v) is 37.6. The van der Waals surface area contributed by atoms with Crippen LogP contribution in [0.4, 0.5) is 14.5 Å². The van der Waals surface area contributed by atoms with E-state index in [1.54, 1.807) is 30.5 Å². The van der Waals surface area contributed by atoms with E-state index in [1.807, 2.05) is 6.92 Å². The number of carbonyl (C=O) groups excluding carboxylic acids is 3. The van der Waals surface area contributed by atoms with Crippen molar-refractivity contribution >= 4 is 81.1 Å². The van der Waals surface area contributed by atoms with Crippen molar-refractivity contribution < 1.29 is 66.7 Å². The second-order valence-electron chi connectivity index (χ2n) is 14.3. The van der Waals surface area contributed by atoms with Crippen molar-refractivity contribution in [1.29, 1.82) is 0 Å². The number of carboxylic acid groups (broad SMARTS) is 2. The van der Waals surface area contributed by atoms with E-state index < -0.39 is 60.7 Å². The Kier molecular flexibility index (Phi) is 18.4. The van der Waals surface area contributed by atoms with Crippen LogP contribution in [0, 0.1) is 11.6 Å². The third-order valence-electron chi connectivity index (χ3n) is 9.49. The second-order valence-corrected chi connectivity index (χ2v) is 15.6. The molecule has 2 N–H and O–H groups in total. The summed E-state index contributed by atoms with van der Waals surface area (Å²) in [6, 6.07) is 16.1. The number of carboxylic acids is 2. The van der Waals surface area contributed by atoms with Crippen LogP contribution in [0.2, 0.25) is 15.1 Å². The molecule has 0 bridgehead atoms. The fraction of sp³-hybridized carbons (Fsp3) is 0.283. The number of fused-ring (bicyclic) bond motifs is 1. The summed E-state index contributed by atoms with van der Waals surface area (Å²) in [7, 11) is 0. The fourth-order valence-corrected chi connectivity index (χ4v) is 6.84. The molecule has 1 aliphatic heterocycles. The normalized spacial score (nSPS) is 13.4. The van der Waals surface area contributed by atoms with Crippen molar-refractivity contribution in [2.24, 2.45) is 0 Å². The minimum atomic E-state index is -1.07. The van der Waals surface area contributed by atoms with Crippen molar-refractivity contribution in [3.63, 3.8) is 0 Å². The molecule has 15 nitrogen and oxygen atoms in total. The van der Waals surface area contributed by atoms with Gasteiger partial charge < -0.3 is 33.9 Å². The highest BCUT2D eigenvalue weighted by atomic mass is 35.5. The Labute approximate surface area is 391 Å². The van der Waals surface area contributed by atoms with Crippen LogP contribution in [0.3, 0.4) is 0 Å². The summed E-state index contributed by atoms with van der Waals surface area (Å²) >= 11 is 17.6. The topological polar surface area (TPSA) is 201 Å². The maximum absolute atomic E-state index is 14.5. The predicted molar refractivity (Wildman–Crippen MR) is 239 cm³/mol. The Balaban J connectivity index is 0.000000194. The highest BCUT2D eigenvalue weighted by Gasteiger charge is 2.41. The van der Waals surface area contributed by atoms with E-state index in [0.717, 1.165) is 54.5 Å². The Morgan fingerprint density at radius 3 is 2.11 bits per heavy atom. The second kappa shape index (κ2) is 24.1. The molecule has 0 spiro atoms. The molecular weight excluding hydrogens is 931 g/mol. The van der Waals surface area contributed by atoms with E-state index >= 15 is 0 Å². The van der Waals surface area contributed by atoms with Crippen LogP contribution in [0.1, 0.15) is 58.8 Å². The molecule has 5 aromatic rings. The zero-order chi connectivity index (χ0) is 47.9. The number of imide groups is 1. The molecule has 1 aliphatic carbocycles. The maximum Gasteiger partial charge on any atom is 0.344 e. The van der Waals surface area contributed by atoms with Gasteiger partial charge in [-0.3, -0.25) is 14.6 Å². The summed E-state index contributed by atoms with van der Waals surface area (Å²) in [6.07, 6.45) is 7.31. The third-order valence-corrected chi connectivity index (χ3v) is 10.3. The van der Waals surface area contributed by atoms with E-state index in [4.69, 9.17) is 68.7 Å². The van der Waals surface area contributed by atoms with Crippen LogP contribution in [0.5, 0.6) is 28.9 Å². The van der Waals surface area contributed by atoms with Gasteiger partial charge in [-0.05, 0) is 99.7 Å². The number of aromatic nitrogens is 2. The summed E-state index contributed by atoms with van der Waals surface area (Å²) in [6.45, 7) is 2.95. The first-order chi connectivity index (χ1) is 31.6. The van der Waals surface area contributed by atoms with Crippen LogP contribution < -0.4 is 23.8 Å². The SMILES string of the molecule is CCCCCOC(=O)COc1cc(N2C(=O)C3=C(CCCC3)C2=O)c(F)cc1Cl.C[C@@H](Oc1ccc(Oc2ncc(Cl)cc2F)cc1)C(=O)O.O=C(O)COc1ccc(Cl)c2cccnc12. The Morgan fingerprint density at radius 2 is 1.47 bits per heavy atom. The zero-order valence-electron chi connectivity index (χ0n) is 35.4. The summed E-state index contributed by atoms with van der Waals surface area (Å²) in [5, 5.41) is 18.7. The first kappa shape index (κ1) is 50.4. The number of rotatable bonds is 16. The average molecular weight is 973 g/mol. The Hall–Kier alpha value is -6.56. The van der Waals surface area contributed by atoms with Crippen LogP contribution >= 0.6 is 34.8 Å². The molecule has 66 heavy (non-hydrogen) atoms. The molecule has 0 fully saturated rings. The van der Waals surface area contributed by atoms with Gasteiger partial charge in [0, 0.05) is 35.0 Å². The van der Waals surface area contributed by atoms with E-state index in [2.05, 4.69) is 9.97 Å². The number of anilines is 1. The lowest BCUT2D eigenvalue weighted by Crippen LogP contribution is -2.32. The number of hydrogen-bond acceptors (Lipinski definition) is 12. The summed E-state index contributed by atoms with van der Waals surface area (Å²) in [5.74, 6) is -4.27. The third kappa shape index (κ3) is 13.7. The summed E-state index contributed by atoms with van der Waals surface area (Å²) in [4.78, 5) is 66.9. The molecule has 2 amide bonds. The van der Waals surface area contributed by atoms with E-state index in [9.17, 15) is 32.8 Å². The number of carbonyl (C=O) groups is 5. The number of halogens is 5. The van der Waals surface area contributed by atoms with Crippen molar-refractivity contribution in [3.05, 3.63) is 117 Å². The molecule has 2 aromatic heterocycles. The Morgan fingerprint density at radius 1 is 0.803 bits per heavy atom. The quantitative estimate of drug-likeness (QED) is 0.0537. The van der Waals surface area contributed by atoms with Gasteiger partial charge in [0.15, 0.2) is 25.1 Å². The van der Waals surface area contributed by atoms with Crippen molar-refractivity contribution in [2.45, 2.75) is 64.9 Å². The maximum atomic E-state index is 14.5. The van der Waals surface area contributed by atoms with Gasteiger partial charge in [0.25, 0.3) is 17.7 Å². The van der Waals surface area contributed by atoms with E-state index in [0.29, 0.717) is 58.4 Å². The summed E-state index contributed by atoms with van der Waals surface area (Å²) in [5.41, 5.74) is 1.24. The highest BCUT2D eigenvalue weighted by Crippen LogP contribution is 2.40. The highest BCUT2D eigenvalue weighted by molar-refractivity contribution is 6.36. The molecule has 20 heteroatoms. The van der Waals surface area contributed by atoms with Gasteiger partial charge in [0.1, 0.15) is 34.3 Å². The van der Waals surface area contributed by atoms with Gasteiger partial charge in [-0.2, -0.15) is 0 Å². The average Bonchev–Trinajstić information content (AvgIpc) is 3.54. The van der Waals surface area contributed by atoms with Gasteiger partial charge >= 0.3 is 17.9 Å². The first-order valence-corrected chi connectivity index (χ1v) is 21.5. The van der Waals surface area contributed by atoms with Crippen molar-refractivity contribution in [2.75, 3.05) is 24.7 Å². The number of pyridine rings is 2. The lowest BCUT2D eigenvalue weighted by Gasteiger charge is -2.18. The molecule has 0 saturated carbocycles. The van der Waals surface area contributed by atoms with Gasteiger partial charge in [-0.15, -0.1) is 0 Å². The molecule has 7 rings (SSSR count). The first-order valence-electron chi connectivity index (χ1n) is 20.3. The number of aliphatic carboxylic acids is 2. The molecule has 348 valence electrons. The number of benzene rings is 3. The van der Waals surface area contributed by atoms with Gasteiger partial charge in [-0.1, -0.05) is 54.6 Å². The van der Waals surface area contributed by atoms with Gasteiger partial charge in [0.2, 0.25) is 0 Å². The van der Waals surface area contributed by atoms with Crippen molar-refractivity contribution in [1.82, 2.24) is 9.97 Å². The van der Waals surface area contributed by atoms with Gasteiger partial charge in [-0.25, -0.2) is 33.0 Å². The smallest absolute Gasteiger partial charge is 0.344 e. The fourth-order valence-electron chi connectivity index (χ4n) is 6.27. The monoisotopic (exact) mass is 971 g/mol. The molecular formula is C46H42Cl3F2N3O12. The molecule has 3 aromatic carbocycles. The number of nitrogens with zero attached hydrogens (tertiary/aromatic N) is 3. The lowest BCUT2D eigenvalue weighted by molar-refractivity contribution is -0.146. The van der Waals surface area contributed by atoms with Crippen LogP contribution in [0.25, 0.3) is 10.9 Å². The molecule has 0 radical (unpaired) electrons. The lowest BCUT2D eigenvalue weighted by atomic mass is 9.93. The molecule has 1 atom stereocenters. The Bertz CT molecular complexity index is 2590. The number of amides is 2. The molecule has 0 saturated heterocycles. The largest absolute Gasteiger partial charge is 0.480 e. The van der Waals surface area contributed by atoms with Crippen molar-refractivity contribution in [3.8, 4) is 28.9 Å². The molecule has 0 unspecified atom stereocenters. The number of ether oxygens (including phenoxy) is 5. The van der Waals surface area contributed by atoms with Crippen LogP contribution in [-0.2, 0) is 28.7 Å². The van der Waals surface area contributed by atoms with Gasteiger partial charge in [0.05, 0.1) is 27.4 Å². The van der Waals surface area contributed by atoms with E-state index in [-0.39, 0.29) is 27.4 Å². The molecule has 3 heterocycles. The number of esters is 1. The molecule has 2 aliphatic rings. The van der Waals surface area contributed by atoms with Crippen LogP contribution in [-0.4, -0.2) is 75.8 Å². The standard InChI is InChI=1S/C21H23ClFNO5.C14H11ClFNO4.C11H8ClNO3/c1-2-3-6-9-28-19(25)12-29-18-11-17(16(23)10-15(18)22)24-20(26)13-7-4-5-8-14(13)21(24)27;1-8(14(18)19)20-10-2-4-11(5-3-10)21-13-12(16)6-9(15)7-17-13;12-8-3-4-9(16-6-10(14)15)11-7(8)2-1-5-13-11/h10-11H,2-9,12H2,1H3;2-8H,1H3,(H,18,19);1-5H,6H2,(H,14,15)/t;8-;/m.1./s1. The minimum Gasteiger partial charge on any atom is -0.480 e.